The van der Waals surface area contributed by atoms with Gasteiger partial charge in [0.2, 0.25) is 0 Å². The van der Waals surface area contributed by atoms with Gasteiger partial charge < -0.3 is 9.15 Å². The Kier molecular flexibility index (Phi) is 4.23. The Hall–Kier alpha value is -1.25. The number of hydrogen-bond acceptors (Lipinski definition) is 3. The van der Waals surface area contributed by atoms with Crippen LogP contribution in [0.4, 0.5) is 0 Å². The Labute approximate surface area is 84.1 Å². The number of unbranched alkanes of at least 4 members (excludes halogenated alkanes) is 2. The third kappa shape index (κ3) is 3.64. The maximum absolute atomic E-state index is 10.6. The topological polar surface area (TPSA) is 39.4 Å². The van der Waals surface area contributed by atoms with E-state index in [1.807, 2.05) is 6.07 Å². The van der Waals surface area contributed by atoms with E-state index < -0.39 is 0 Å². The first-order valence-corrected chi connectivity index (χ1v) is 4.99. The molecule has 0 saturated heterocycles. The molecule has 14 heavy (non-hydrogen) atoms. The van der Waals surface area contributed by atoms with Crippen LogP contribution in [0.15, 0.2) is 16.5 Å². The molecule has 0 spiro atoms. The molecular formula is C11H16O3. The van der Waals surface area contributed by atoms with E-state index >= 15 is 0 Å². The molecule has 0 bridgehead atoms. The lowest BCUT2D eigenvalue weighted by Gasteiger charge is -1.96. The SMILES string of the molecule is CCCCCc1ccc(OC(C)=O)o1. The minimum atomic E-state index is -0.348. The second-order valence-corrected chi connectivity index (χ2v) is 3.27. The summed E-state index contributed by atoms with van der Waals surface area (Å²) in [5.74, 6) is 0.832. The van der Waals surface area contributed by atoms with Gasteiger partial charge in [0.15, 0.2) is 0 Å². The predicted octanol–water partition coefficient (Wildman–Crippen LogP) is 2.94. The van der Waals surface area contributed by atoms with Crippen molar-refractivity contribution >= 4 is 5.97 Å². The fraction of sp³-hybridized carbons (Fsp3) is 0.545. The summed E-state index contributed by atoms with van der Waals surface area (Å²) in [6.45, 7) is 3.52. The van der Waals surface area contributed by atoms with Gasteiger partial charge >= 0.3 is 5.97 Å². The number of rotatable bonds is 5. The van der Waals surface area contributed by atoms with Gasteiger partial charge in [-0.05, 0) is 12.5 Å². The quantitative estimate of drug-likeness (QED) is 0.537. The van der Waals surface area contributed by atoms with Crippen LogP contribution >= 0.6 is 0 Å². The van der Waals surface area contributed by atoms with Gasteiger partial charge in [-0.15, -0.1) is 0 Å². The second-order valence-electron chi connectivity index (χ2n) is 3.27. The van der Waals surface area contributed by atoms with Gasteiger partial charge in [0, 0.05) is 19.4 Å². The van der Waals surface area contributed by atoms with E-state index in [-0.39, 0.29) is 5.97 Å². The summed E-state index contributed by atoms with van der Waals surface area (Å²) >= 11 is 0. The second kappa shape index (κ2) is 5.47. The molecule has 0 N–H and O–H groups in total. The van der Waals surface area contributed by atoms with E-state index in [9.17, 15) is 4.79 Å². The van der Waals surface area contributed by atoms with Crippen LogP contribution in [0.2, 0.25) is 0 Å². The van der Waals surface area contributed by atoms with Crippen LogP contribution in [0, 0.1) is 0 Å². The van der Waals surface area contributed by atoms with E-state index in [4.69, 9.17) is 9.15 Å². The standard InChI is InChI=1S/C11H16O3/c1-3-4-5-6-10-7-8-11(14-10)13-9(2)12/h7-8H,3-6H2,1-2H3. The summed E-state index contributed by atoms with van der Waals surface area (Å²) in [7, 11) is 0. The van der Waals surface area contributed by atoms with Crippen LogP contribution in [-0.2, 0) is 11.2 Å². The van der Waals surface area contributed by atoms with Crippen LogP contribution in [-0.4, -0.2) is 5.97 Å². The number of esters is 1. The highest BCUT2D eigenvalue weighted by molar-refractivity contribution is 5.68. The van der Waals surface area contributed by atoms with Crippen molar-refractivity contribution in [2.24, 2.45) is 0 Å². The first-order valence-electron chi connectivity index (χ1n) is 4.99. The minimum Gasteiger partial charge on any atom is -0.430 e. The lowest BCUT2D eigenvalue weighted by atomic mass is 10.2. The summed E-state index contributed by atoms with van der Waals surface area (Å²) in [5, 5.41) is 0. The summed E-state index contributed by atoms with van der Waals surface area (Å²) in [4.78, 5) is 10.6. The third-order valence-electron chi connectivity index (χ3n) is 1.91. The van der Waals surface area contributed by atoms with Crippen molar-refractivity contribution in [3.63, 3.8) is 0 Å². The molecule has 0 saturated carbocycles. The Morgan fingerprint density at radius 1 is 1.43 bits per heavy atom. The molecular weight excluding hydrogens is 180 g/mol. The first-order chi connectivity index (χ1) is 6.72. The molecule has 0 fully saturated rings. The van der Waals surface area contributed by atoms with Crippen LogP contribution in [0.3, 0.4) is 0 Å². The lowest BCUT2D eigenvalue weighted by molar-refractivity contribution is -0.133. The molecule has 3 heteroatoms. The number of hydrogen-bond donors (Lipinski definition) is 0. The van der Waals surface area contributed by atoms with Gasteiger partial charge in [0.1, 0.15) is 5.76 Å². The number of furan rings is 1. The zero-order chi connectivity index (χ0) is 10.4. The maximum atomic E-state index is 10.6. The zero-order valence-electron chi connectivity index (χ0n) is 8.71. The van der Waals surface area contributed by atoms with E-state index in [2.05, 4.69) is 6.92 Å². The van der Waals surface area contributed by atoms with Crippen LogP contribution in [0.1, 0.15) is 38.9 Å². The number of ether oxygens (including phenoxy) is 1. The molecule has 0 radical (unpaired) electrons. The monoisotopic (exact) mass is 196 g/mol. The Morgan fingerprint density at radius 2 is 2.21 bits per heavy atom. The normalized spacial score (nSPS) is 10.1. The van der Waals surface area contributed by atoms with Crippen LogP contribution < -0.4 is 4.74 Å². The highest BCUT2D eigenvalue weighted by Gasteiger charge is 2.04. The summed E-state index contributed by atoms with van der Waals surface area (Å²) in [5.41, 5.74) is 0. The largest absolute Gasteiger partial charge is 0.430 e. The average Bonchev–Trinajstić information content (AvgIpc) is 2.52. The van der Waals surface area contributed by atoms with Crippen molar-refractivity contribution in [2.75, 3.05) is 0 Å². The lowest BCUT2D eigenvalue weighted by Crippen LogP contribution is -1.99. The maximum Gasteiger partial charge on any atom is 0.310 e. The Balaban J connectivity index is 2.38. The van der Waals surface area contributed by atoms with E-state index in [1.54, 1.807) is 6.07 Å². The molecule has 0 amide bonds. The van der Waals surface area contributed by atoms with E-state index in [0.29, 0.717) is 5.95 Å². The van der Waals surface area contributed by atoms with Crippen molar-refractivity contribution < 1.29 is 13.9 Å². The average molecular weight is 196 g/mol. The van der Waals surface area contributed by atoms with Gasteiger partial charge in [-0.1, -0.05) is 19.8 Å². The number of carbonyl (C=O) groups is 1. The highest BCUT2D eigenvalue weighted by atomic mass is 16.6. The Morgan fingerprint density at radius 3 is 2.86 bits per heavy atom. The van der Waals surface area contributed by atoms with E-state index in [1.165, 1.54) is 19.8 Å². The predicted molar refractivity (Wildman–Crippen MR) is 53.2 cm³/mol. The molecule has 1 heterocycles. The van der Waals surface area contributed by atoms with Crippen molar-refractivity contribution in [1.82, 2.24) is 0 Å². The molecule has 1 aromatic rings. The molecule has 0 atom stereocenters. The summed E-state index contributed by atoms with van der Waals surface area (Å²) in [6, 6.07) is 3.54. The van der Waals surface area contributed by atoms with Gasteiger partial charge in [0.25, 0.3) is 5.95 Å². The molecule has 0 aliphatic rings. The molecule has 0 aliphatic heterocycles. The van der Waals surface area contributed by atoms with Gasteiger partial charge in [-0.3, -0.25) is 4.79 Å². The van der Waals surface area contributed by atoms with Crippen LogP contribution in [0.5, 0.6) is 5.95 Å². The summed E-state index contributed by atoms with van der Waals surface area (Å²) in [6.07, 6.45) is 4.42. The fourth-order valence-corrected chi connectivity index (χ4v) is 1.24. The molecule has 78 valence electrons. The molecule has 0 aliphatic carbocycles. The third-order valence-corrected chi connectivity index (χ3v) is 1.91. The molecule has 3 nitrogen and oxygen atoms in total. The van der Waals surface area contributed by atoms with Gasteiger partial charge in [0.05, 0.1) is 0 Å². The molecule has 0 aromatic carbocycles. The molecule has 0 unspecified atom stereocenters. The van der Waals surface area contributed by atoms with Crippen molar-refractivity contribution in [1.29, 1.82) is 0 Å². The van der Waals surface area contributed by atoms with Crippen LogP contribution in [0.25, 0.3) is 0 Å². The highest BCUT2D eigenvalue weighted by Crippen LogP contribution is 2.17. The zero-order valence-corrected chi connectivity index (χ0v) is 8.71. The first kappa shape index (κ1) is 10.8. The van der Waals surface area contributed by atoms with Gasteiger partial charge in [-0.2, -0.15) is 0 Å². The number of aryl methyl sites for hydroxylation is 1. The Bertz CT molecular complexity index is 288. The fourth-order valence-electron chi connectivity index (χ4n) is 1.24. The molecule has 1 rings (SSSR count). The van der Waals surface area contributed by atoms with Crippen molar-refractivity contribution in [3.8, 4) is 5.95 Å². The van der Waals surface area contributed by atoms with Crippen molar-refractivity contribution in [2.45, 2.75) is 39.5 Å². The summed E-state index contributed by atoms with van der Waals surface area (Å²) < 4.78 is 10.1. The minimum absolute atomic E-state index is 0.295. The molecule has 1 aromatic heterocycles. The van der Waals surface area contributed by atoms with Gasteiger partial charge in [-0.25, -0.2) is 0 Å². The smallest absolute Gasteiger partial charge is 0.310 e. The van der Waals surface area contributed by atoms with E-state index in [0.717, 1.165) is 18.6 Å². The number of carbonyl (C=O) groups excluding carboxylic acids is 1. The van der Waals surface area contributed by atoms with Crippen molar-refractivity contribution in [3.05, 3.63) is 17.9 Å².